The summed E-state index contributed by atoms with van der Waals surface area (Å²) in [6.07, 6.45) is -0.435. The van der Waals surface area contributed by atoms with E-state index in [2.05, 4.69) is 10.6 Å². The molecule has 5 nitrogen and oxygen atoms in total. The number of hydrogen-bond acceptors (Lipinski definition) is 4. The monoisotopic (exact) mass is 322 g/mol. The summed E-state index contributed by atoms with van der Waals surface area (Å²) in [5, 5.41) is 16.2. The van der Waals surface area contributed by atoms with Gasteiger partial charge in [0.15, 0.2) is 0 Å². The van der Waals surface area contributed by atoms with Crippen molar-refractivity contribution in [1.29, 1.82) is 0 Å². The molecule has 1 rings (SSSR count). The summed E-state index contributed by atoms with van der Waals surface area (Å²) in [5.41, 5.74) is 0.945. The van der Waals surface area contributed by atoms with Crippen LogP contribution in [0.25, 0.3) is 0 Å². The van der Waals surface area contributed by atoms with E-state index in [9.17, 15) is 9.90 Å². The van der Waals surface area contributed by atoms with Crippen molar-refractivity contribution in [3.63, 3.8) is 0 Å². The van der Waals surface area contributed by atoms with Crippen LogP contribution in [0.1, 0.15) is 58.7 Å². The maximum Gasteiger partial charge on any atom is 0.408 e. The molecule has 3 N–H and O–H groups in total. The summed E-state index contributed by atoms with van der Waals surface area (Å²) in [6, 6.07) is 5.50. The molecule has 1 aromatic rings. The summed E-state index contributed by atoms with van der Waals surface area (Å²) in [6.45, 7) is 13.9. The molecule has 0 aliphatic carbocycles. The maximum absolute atomic E-state index is 11.9. The number of phenolic OH excluding ortho intramolecular Hbond substituents is 1. The van der Waals surface area contributed by atoms with E-state index in [1.165, 1.54) is 0 Å². The summed E-state index contributed by atoms with van der Waals surface area (Å²) < 4.78 is 5.28. The largest absolute Gasteiger partial charge is 0.508 e. The number of nitrogens with one attached hydrogen (secondary N) is 2. The van der Waals surface area contributed by atoms with Gasteiger partial charge in [-0.05, 0) is 54.5 Å². The highest BCUT2D eigenvalue weighted by Gasteiger charge is 2.25. The molecule has 0 saturated carbocycles. The summed E-state index contributed by atoms with van der Waals surface area (Å²) in [4.78, 5) is 11.9. The Labute approximate surface area is 139 Å². The molecule has 0 aromatic heterocycles. The number of alkyl carbamates (subject to hydrolysis) is 1. The van der Waals surface area contributed by atoms with Gasteiger partial charge in [0.1, 0.15) is 11.4 Å². The van der Waals surface area contributed by atoms with Crippen molar-refractivity contribution in [3.8, 4) is 5.75 Å². The minimum absolute atomic E-state index is 0.0328. The molecule has 0 aliphatic rings. The minimum atomic E-state index is -0.520. The number of rotatable bonds is 5. The zero-order valence-corrected chi connectivity index (χ0v) is 15.3. The summed E-state index contributed by atoms with van der Waals surface area (Å²) in [7, 11) is 0. The first-order valence-corrected chi connectivity index (χ1v) is 7.94. The molecule has 1 unspecified atom stereocenters. The first-order valence-electron chi connectivity index (χ1n) is 7.94. The van der Waals surface area contributed by atoms with Crippen LogP contribution in [0.2, 0.25) is 0 Å². The van der Waals surface area contributed by atoms with Gasteiger partial charge in [0.2, 0.25) is 0 Å². The lowest BCUT2D eigenvalue weighted by Gasteiger charge is -2.30. The second kappa shape index (κ2) is 7.21. The average molecular weight is 322 g/mol. The molecule has 0 bridgehead atoms. The molecule has 0 spiro atoms. The number of hydrogen-bond donors (Lipinski definition) is 3. The number of carbonyl (C=O) groups excluding carboxylic acids is 1. The third-order valence-corrected chi connectivity index (χ3v) is 3.34. The molecule has 0 saturated heterocycles. The van der Waals surface area contributed by atoms with Crippen molar-refractivity contribution in [2.45, 2.75) is 65.6 Å². The van der Waals surface area contributed by atoms with E-state index in [0.29, 0.717) is 6.54 Å². The van der Waals surface area contributed by atoms with Crippen LogP contribution in [0.15, 0.2) is 18.2 Å². The Kier molecular flexibility index (Phi) is 6.05. The molecule has 1 amide bonds. The van der Waals surface area contributed by atoms with Crippen LogP contribution >= 0.6 is 0 Å². The molecule has 0 fully saturated rings. The fraction of sp³-hybridized carbons (Fsp3) is 0.611. The van der Waals surface area contributed by atoms with Crippen LogP contribution in [-0.2, 0) is 4.74 Å². The van der Waals surface area contributed by atoms with Gasteiger partial charge in [-0.15, -0.1) is 0 Å². The molecule has 130 valence electrons. The van der Waals surface area contributed by atoms with Gasteiger partial charge < -0.3 is 20.5 Å². The number of phenols is 1. The molecule has 5 heteroatoms. The summed E-state index contributed by atoms with van der Waals surface area (Å²) >= 11 is 0. The zero-order valence-electron chi connectivity index (χ0n) is 15.3. The Balaban J connectivity index is 2.61. The van der Waals surface area contributed by atoms with E-state index in [4.69, 9.17) is 4.74 Å². The summed E-state index contributed by atoms with van der Waals surface area (Å²) in [5.74, 6) is 0.272. The first kappa shape index (κ1) is 19.3. The molecule has 0 heterocycles. The number of ether oxygens (including phenoxy) is 1. The Morgan fingerprint density at radius 3 is 2.43 bits per heavy atom. The smallest absolute Gasteiger partial charge is 0.408 e. The number of aromatic hydroxyl groups is 1. The molecule has 0 radical (unpaired) electrons. The SMILES string of the molecule is Cc1ccc(O)c(C(C)NCC(C)(C)NC(=O)OC(C)(C)C)c1. The predicted molar refractivity (Wildman–Crippen MR) is 92.7 cm³/mol. The van der Waals surface area contributed by atoms with Gasteiger partial charge in [0, 0.05) is 18.2 Å². The van der Waals surface area contributed by atoms with Gasteiger partial charge in [-0.2, -0.15) is 0 Å². The van der Waals surface area contributed by atoms with Gasteiger partial charge >= 0.3 is 6.09 Å². The predicted octanol–water partition coefficient (Wildman–Crippen LogP) is 3.65. The maximum atomic E-state index is 11.9. The fourth-order valence-corrected chi connectivity index (χ4v) is 2.16. The number of carbonyl (C=O) groups is 1. The van der Waals surface area contributed by atoms with Crippen LogP contribution in [0.4, 0.5) is 4.79 Å². The fourth-order valence-electron chi connectivity index (χ4n) is 2.16. The van der Waals surface area contributed by atoms with Crippen molar-refractivity contribution >= 4 is 6.09 Å². The normalized spacial score (nSPS) is 13.5. The lowest BCUT2D eigenvalue weighted by atomic mass is 10.0. The molecule has 23 heavy (non-hydrogen) atoms. The van der Waals surface area contributed by atoms with Crippen LogP contribution in [-0.4, -0.2) is 28.9 Å². The van der Waals surface area contributed by atoms with E-state index in [1.807, 2.05) is 60.6 Å². The van der Waals surface area contributed by atoms with E-state index >= 15 is 0 Å². The number of aryl methyl sites for hydroxylation is 1. The topological polar surface area (TPSA) is 70.6 Å². The van der Waals surface area contributed by atoms with E-state index in [1.54, 1.807) is 6.07 Å². The molecular formula is C18H30N2O3. The molecular weight excluding hydrogens is 292 g/mol. The number of amides is 1. The molecule has 0 aliphatic heterocycles. The van der Waals surface area contributed by atoms with Gasteiger partial charge in [0.05, 0.1) is 5.54 Å². The van der Waals surface area contributed by atoms with Crippen molar-refractivity contribution < 1.29 is 14.6 Å². The van der Waals surface area contributed by atoms with Gasteiger partial charge in [-0.3, -0.25) is 0 Å². The standard InChI is InChI=1S/C18H30N2O3/c1-12-8-9-15(21)14(10-12)13(2)19-11-18(6,7)20-16(22)23-17(3,4)5/h8-10,13,19,21H,11H2,1-7H3,(H,20,22). The quantitative estimate of drug-likeness (QED) is 0.774. The Hall–Kier alpha value is -1.75. The lowest BCUT2D eigenvalue weighted by Crippen LogP contribution is -2.51. The Morgan fingerprint density at radius 2 is 1.87 bits per heavy atom. The second-order valence-electron chi connectivity index (χ2n) is 7.68. The molecule has 1 aromatic carbocycles. The van der Waals surface area contributed by atoms with Crippen LogP contribution in [0.3, 0.4) is 0 Å². The van der Waals surface area contributed by atoms with Gasteiger partial charge in [-0.1, -0.05) is 17.7 Å². The highest BCUT2D eigenvalue weighted by molar-refractivity contribution is 5.68. The highest BCUT2D eigenvalue weighted by atomic mass is 16.6. The average Bonchev–Trinajstić information content (AvgIpc) is 2.36. The second-order valence-corrected chi connectivity index (χ2v) is 7.68. The van der Waals surface area contributed by atoms with Crippen molar-refractivity contribution in [1.82, 2.24) is 10.6 Å². The third-order valence-electron chi connectivity index (χ3n) is 3.34. The third kappa shape index (κ3) is 6.91. The van der Waals surface area contributed by atoms with Crippen LogP contribution in [0.5, 0.6) is 5.75 Å². The first-order chi connectivity index (χ1) is 10.4. The van der Waals surface area contributed by atoms with Crippen molar-refractivity contribution in [2.75, 3.05) is 6.54 Å². The minimum Gasteiger partial charge on any atom is -0.508 e. The van der Waals surface area contributed by atoms with Crippen molar-refractivity contribution in [3.05, 3.63) is 29.3 Å². The van der Waals surface area contributed by atoms with Crippen LogP contribution in [0, 0.1) is 6.92 Å². The van der Waals surface area contributed by atoms with Crippen molar-refractivity contribution in [2.24, 2.45) is 0 Å². The highest BCUT2D eigenvalue weighted by Crippen LogP contribution is 2.25. The van der Waals surface area contributed by atoms with E-state index in [-0.39, 0.29) is 11.8 Å². The number of benzene rings is 1. The zero-order chi connectivity index (χ0) is 17.8. The Bertz CT molecular complexity index is 548. The lowest BCUT2D eigenvalue weighted by molar-refractivity contribution is 0.0471. The molecule has 1 atom stereocenters. The Morgan fingerprint density at radius 1 is 1.26 bits per heavy atom. The van der Waals surface area contributed by atoms with Gasteiger partial charge in [0.25, 0.3) is 0 Å². The van der Waals surface area contributed by atoms with E-state index < -0.39 is 17.2 Å². The van der Waals surface area contributed by atoms with E-state index in [0.717, 1.165) is 11.1 Å². The van der Waals surface area contributed by atoms with Gasteiger partial charge in [-0.25, -0.2) is 4.79 Å². The van der Waals surface area contributed by atoms with Crippen LogP contribution < -0.4 is 10.6 Å².